The molecule has 0 aliphatic carbocycles. The van der Waals surface area contributed by atoms with E-state index in [-0.39, 0.29) is 11.9 Å². The number of likely N-dealkylation sites (tertiary alicyclic amines) is 1. The molecule has 1 heterocycles. The van der Waals surface area contributed by atoms with E-state index in [2.05, 4.69) is 0 Å². The van der Waals surface area contributed by atoms with Crippen LogP contribution in [0.3, 0.4) is 0 Å². The third-order valence-corrected chi connectivity index (χ3v) is 2.50. The number of hydrogen-bond acceptors (Lipinski definition) is 2. The maximum atomic E-state index is 11.7. The van der Waals surface area contributed by atoms with Crippen LogP contribution in [0.1, 0.15) is 10.4 Å². The summed E-state index contributed by atoms with van der Waals surface area (Å²) in [6, 6.07) is 7.10. The van der Waals surface area contributed by atoms with E-state index in [0.29, 0.717) is 23.7 Å². The zero-order chi connectivity index (χ0) is 10.1. The third kappa shape index (κ3) is 1.74. The number of nitrogens with two attached hydrogens (primary N) is 1. The molecule has 1 aliphatic heterocycles. The van der Waals surface area contributed by atoms with E-state index >= 15 is 0 Å². The van der Waals surface area contributed by atoms with Crippen molar-refractivity contribution in [3.05, 3.63) is 34.9 Å². The minimum Gasteiger partial charge on any atom is -0.335 e. The topological polar surface area (TPSA) is 46.3 Å². The first kappa shape index (κ1) is 9.49. The van der Waals surface area contributed by atoms with Crippen molar-refractivity contribution in [3.8, 4) is 0 Å². The van der Waals surface area contributed by atoms with Crippen LogP contribution in [-0.2, 0) is 0 Å². The Morgan fingerprint density at radius 1 is 1.50 bits per heavy atom. The fourth-order valence-electron chi connectivity index (χ4n) is 1.48. The molecule has 1 aromatic rings. The molecule has 1 fully saturated rings. The van der Waals surface area contributed by atoms with Gasteiger partial charge in [0.2, 0.25) is 0 Å². The highest BCUT2D eigenvalue weighted by atomic mass is 35.5. The summed E-state index contributed by atoms with van der Waals surface area (Å²) < 4.78 is 0. The Hall–Kier alpha value is -1.06. The monoisotopic (exact) mass is 210 g/mol. The summed E-state index contributed by atoms with van der Waals surface area (Å²) in [5.74, 6) is 0.00852. The summed E-state index contributed by atoms with van der Waals surface area (Å²) >= 11 is 5.79. The second-order valence-corrected chi connectivity index (χ2v) is 3.92. The van der Waals surface area contributed by atoms with Gasteiger partial charge >= 0.3 is 0 Å². The molecule has 0 spiro atoms. The van der Waals surface area contributed by atoms with Crippen LogP contribution >= 0.6 is 11.6 Å². The van der Waals surface area contributed by atoms with Gasteiger partial charge in [0.15, 0.2) is 0 Å². The highest BCUT2D eigenvalue weighted by Gasteiger charge is 2.28. The van der Waals surface area contributed by atoms with E-state index in [0.717, 1.165) is 0 Å². The fourth-order valence-corrected chi connectivity index (χ4v) is 1.67. The molecule has 1 saturated heterocycles. The van der Waals surface area contributed by atoms with E-state index in [9.17, 15) is 4.79 Å². The number of carbonyl (C=O) groups excluding carboxylic acids is 1. The van der Waals surface area contributed by atoms with Crippen LogP contribution < -0.4 is 5.73 Å². The number of rotatable bonds is 1. The average molecular weight is 211 g/mol. The third-order valence-electron chi connectivity index (χ3n) is 2.27. The molecule has 2 N–H and O–H groups in total. The number of amides is 1. The smallest absolute Gasteiger partial charge is 0.254 e. The van der Waals surface area contributed by atoms with Crippen molar-refractivity contribution >= 4 is 17.5 Å². The Kier molecular flexibility index (Phi) is 2.44. The van der Waals surface area contributed by atoms with Crippen molar-refractivity contribution in [2.75, 3.05) is 13.1 Å². The maximum absolute atomic E-state index is 11.7. The van der Waals surface area contributed by atoms with Crippen LogP contribution in [-0.4, -0.2) is 29.9 Å². The molecular formula is C10H11ClN2O. The molecule has 0 aromatic heterocycles. The number of nitrogens with zero attached hydrogens (tertiary/aromatic N) is 1. The van der Waals surface area contributed by atoms with Crippen LogP contribution in [0.2, 0.25) is 5.02 Å². The van der Waals surface area contributed by atoms with Gasteiger partial charge in [0, 0.05) is 29.7 Å². The molecule has 1 amide bonds. The summed E-state index contributed by atoms with van der Waals surface area (Å²) in [7, 11) is 0. The van der Waals surface area contributed by atoms with Gasteiger partial charge < -0.3 is 10.6 Å². The molecule has 74 valence electrons. The molecule has 0 atom stereocenters. The Labute approximate surface area is 87.4 Å². The van der Waals surface area contributed by atoms with Crippen molar-refractivity contribution in [2.45, 2.75) is 6.04 Å². The van der Waals surface area contributed by atoms with Crippen molar-refractivity contribution in [3.63, 3.8) is 0 Å². The molecule has 14 heavy (non-hydrogen) atoms. The van der Waals surface area contributed by atoms with E-state index in [4.69, 9.17) is 17.3 Å². The molecule has 0 radical (unpaired) electrons. The molecule has 0 unspecified atom stereocenters. The van der Waals surface area contributed by atoms with Gasteiger partial charge in [-0.2, -0.15) is 0 Å². The normalized spacial score (nSPS) is 16.6. The Balaban J connectivity index is 2.12. The standard InChI is InChI=1S/C10H11ClN2O/c11-8-3-1-2-7(4-8)10(14)13-5-9(12)6-13/h1-4,9H,5-6,12H2. The summed E-state index contributed by atoms with van der Waals surface area (Å²) in [4.78, 5) is 13.5. The van der Waals surface area contributed by atoms with Crippen LogP contribution in [0.4, 0.5) is 0 Å². The van der Waals surface area contributed by atoms with E-state index in [1.807, 2.05) is 0 Å². The first-order valence-corrected chi connectivity index (χ1v) is 4.85. The maximum Gasteiger partial charge on any atom is 0.254 e. The molecule has 1 aliphatic rings. The molecule has 4 heteroatoms. The molecule has 1 aromatic carbocycles. The molecule has 3 nitrogen and oxygen atoms in total. The summed E-state index contributed by atoms with van der Waals surface area (Å²) in [6.07, 6.45) is 0. The predicted octanol–water partition coefficient (Wildman–Crippen LogP) is 1.12. The largest absolute Gasteiger partial charge is 0.335 e. The van der Waals surface area contributed by atoms with Gasteiger partial charge in [0.25, 0.3) is 5.91 Å². The minimum absolute atomic E-state index is 0.00852. The second-order valence-electron chi connectivity index (χ2n) is 3.48. The second kappa shape index (κ2) is 3.59. The predicted molar refractivity (Wildman–Crippen MR) is 55.3 cm³/mol. The SMILES string of the molecule is NC1CN(C(=O)c2cccc(Cl)c2)C1. The zero-order valence-corrected chi connectivity index (χ0v) is 8.37. The molecule has 2 rings (SSSR count). The lowest BCUT2D eigenvalue weighted by Crippen LogP contribution is -2.57. The first-order chi connectivity index (χ1) is 6.66. The summed E-state index contributed by atoms with van der Waals surface area (Å²) in [5, 5.41) is 0.584. The van der Waals surface area contributed by atoms with Gasteiger partial charge in [-0.3, -0.25) is 4.79 Å². The van der Waals surface area contributed by atoms with Gasteiger partial charge in [-0.1, -0.05) is 17.7 Å². The van der Waals surface area contributed by atoms with Crippen LogP contribution in [0, 0.1) is 0 Å². The van der Waals surface area contributed by atoms with E-state index in [1.54, 1.807) is 29.2 Å². The van der Waals surface area contributed by atoms with Crippen molar-refractivity contribution < 1.29 is 4.79 Å². The highest BCUT2D eigenvalue weighted by Crippen LogP contribution is 2.15. The minimum atomic E-state index is 0.00852. The van der Waals surface area contributed by atoms with Crippen LogP contribution in [0.25, 0.3) is 0 Å². The van der Waals surface area contributed by atoms with Crippen molar-refractivity contribution in [2.24, 2.45) is 5.73 Å². The average Bonchev–Trinajstić information content (AvgIpc) is 2.12. The van der Waals surface area contributed by atoms with Gasteiger partial charge in [-0.25, -0.2) is 0 Å². The first-order valence-electron chi connectivity index (χ1n) is 4.47. The number of hydrogen-bond donors (Lipinski definition) is 1. The van der Waals surface area contributed by atoms with Crippen LogP contribution in [0.5, 0.6) is 0 Å². The van der Waals surface area contributed by atoms with Gasteiger partial charge in [0.05, 0.1) is 0 Å². The quantitative estimate of drug-likeness (QED) is 0.755. The fraction of sp³-hybridized carbons (Fsp3) is 0.300. The lowest BCUT2D eigenvalue weighted by Gasteiger charge is -2.36. The van der Waals surface area contributed by atoms with Crippen LogP contribution in [0.15, 0.2) is 24.3 Å². The summed E-state index contributed by atoms with van der Waals surface area (Å²) in [6.45, 7) is 1.29. The number of benzene rings is 1. The lowest BCUT2D eigenvalue weighted by atomic mass is 10.1. The lowest BCUT2D eigenvalue weighted by molar-refractivity contribution is 0.0608. The number of carbonyl (C=O) groups is 1. The van der Waals surface area contributed by atoms with Crippen molar-refractivity contribution in [1.29, 1.82) is 0 Å². The van der Waals surface area contributed by atoms with Gasteiger partial charge in [0.1, 0.15) is 0 Å². The van der Waals surface area contributed by atoms with E-state index in [1.165, 1.54) is 0 Å². The molecule has 0 saturated carbocycles. The van der Waals surface area contributed by atoms with Crippen molar-refractivity contribution in [1.82, 2.24) is 4.90 Å². The van der Waals surface area contributed by atoms with Gasteiger partial charge in [-0.05, 0) is 18.2 Å². The summed E-state index contributed by atoms with van der Waals surface area (Å²) in [5.41, 5.74) is 6.22. The number of halogens is 1. The van der Waals surface area contributed by atoms with Gasteiger partial charge in [-0.15, -0.1) is 0 Å². The Morgan fingerprint density at radius 2 is 2.21 bits per heavy atom. The highest BCUT2D eigenvalue weighted by molar-refractivity contribution is 6.30. The Bertz CT molecular complexity index is 361. The van der Waals surface area contributed by atoms with E-state index < -0.39 is 0 Å². The zero-order valence-electron chi connectivity index (χ0n) is 7.61. The Morgan fingerprint density at radius 3 is 2.79 bits per heavy atom. The molecular weight excluding hydrogens is 200 g/mol. The molecule has 0 bridgehead atoms.